The molecule has 142 valence electrons. The number of nitrogens with one attached hydrogen (secondary N) is 1. The third kappa shape index (κ3) is 3.10. The highest BCUT2D eigenvalue weighted by atomic mass is 32.2. The molecule has 0 bridgehead atoms. The minimum Gasteiger partial charge on any atom is -0.318 e. The maximum absolute atomic E-state index is 13.6. The standard InChI is InChI=1S/C19H16FN5OS2/c1-10-7-12(11(2)24(10)14-6-4-5-13(20)9-14)8-15-16(21)25-18(22-17(15)26)28-19(23-25)27-3/h4-9,21H,1-3H3/b15-8+,21-16?. The molecule has 9 heteroatoms. The van der Waals surface area contributed by atoms with Crippen molar-refractivity contribution in [2.75, 3.05) is 6.26 Å². The van der Waals surface area contributed by atoms with Gasteiger partial charge in [-0.3, -0.25) is 10.2 Å². The van der Waals surface area contributed by atoms with Gasteiger partial charge in [-0.25, -0.2) is 4.39 Å². The predicted octanol–water partition coefficient (Wildman–Crippen LogP) is 4.17. The Balaban J connectivity index is 1.76. The molecule has 0 aliphatic carbocycles. The second-order valence-corrected chi connectivity index (χ2v) is 8.24. The van der Waals surface area contributed by atoms with Crippen molar-refractivity contribution in [1.29, 1.82) is 5.41 Å². The third-order valence-electron chi connectivity index (χ3n) is 4.45. The molecule has 0 spiro atoms. The van der Waals surface area contributed by atoms with Gasteiger partial charge >= 0.3 is 0 Å². The molecule has 6 nitrogen and oxygen atoms in total. The van der Waals surface area contributed by atoms with E-state index >= 15 is 0 Å². The normalized spacial score (nSPS) is 17.9. The number of aromatic nitrogens is 1. The van der Waals surface area contributed by atoms with E-state index in [4.69, 9.17) is 5.41 Å². The largest absolute Gasteiger partial charge is 0.318 e. The summed E-state index contributed by atoms with van der Waals surface area (Å²) < 4.78 is 16.3. The molecule has 1 aromatic carbocycles. The lowest BCUT2D eigenvalue weighted by Crippen LogP contribution is -2.35. The van der Waals surface area contributed by atoms with Crippen molar-refractivity contribution in [2.45, 2.75) is 13.8 Å². The molecular formula is C19H16FN5OS2. The highest BCUT2D eigenvalue weighted by Gasteiger charge is 2.35. The average Bonchev–Trinajstić information content (AvgIpc) is 3.19. The Hall–Kier alpha value is -2.65. The van der Waals surface area contributed by atoms with E-state index in [2.05, 4.69) is 10.1 Å². The fourth-order valence-electron chi connectivity index (χ4n) is 3.16. The van der Waals surface area contributed by atoms with Crippen LogP contribution in [0.1, 0.15) is 17.0 Å². The fraction of sp³-hybridized carbons (Fsp3) is 0.158. The maximum Gasteiger partial charge on any atom is 0.283 e. The summed E-state index contributed by atoms with van der Waals surface area (Å²) in [7, 11) is 0. The summed E-state index contributed by atoms with van der Waals surface area (Å²) in [4.78, 5) is 16.6. The molecular weight excluding hydrogens is 397 g/mol. The molecule has 2 aromatic rings. The molecule has 0 atom stereocenters. The molecule has 0 radical (unpaired) electrons. The number of aryl methyl sites for hydroxylation is 1. The van der Waals surface area contributed by atoms with E-state index in [0.717, 1.165) is 21.3 Å². The molecule has 1 aromatic heterocycles. The van der Waals surface area contributed by atoms with Gasteiger partial charge in [-0.2, -0.15) is 10.0 Å². The molecule has 2 aliphatic heterocycles. The minimum atomic E-state index is -0.461. The second-order valence-electron chi connectivity index (χ2n) is 6.23. The van der Waals surface area contributed by atoms with E-state index in [1.165, 1.54) is 40.7 Å². The molecule has 0 unspecified atom stereocenters. The average molecular weight is 414 g/mol. The number of amides is 1. The number of carbonyl (C=O) groups excluding carboxylic acids is 1. The summed E-state index contributed by atoms with van der Waals surface area (Å²) in [6.45, 7) is 3.81. The summed E-state index contributed by atoms with van der Waals surface area (Å²) in [5, 5.41) is 14.5. The van der Waals surface area contributed by atoms with Crippen LogP contribution in [0.4, 0.5) is 4.39 Å². The predicted molar refractivity (Wildman–Crippen MR) is 114 cm³/mol. The van der Waals surface area contributed by atoms with Crippen LogP contribution in [-0.2, 0) is 4.79 Å². The van der Waals surface area contributed by atoms with Crippen LogP contribution in [0.2, 0.25) is 0 Å². The van der Waals surface area contributed by atoms with Gasteiger partial charge in [-0.1, -0.05) is 6.07 Å². The van der Waals surface area contributed by atoms with E-state index in [1.807, 2.05) is 36.8 Å². The van der Waals surface area contributed by atoms with Crippen LogP contribution in [0, 0.1) is 25.1 Å². The van der Waals surface area contributed by atoms with Crippen molar-refractivity contribution in [3.8, 4) is 5.69 Å². The van der Waals surface area contributed by atoms with Gasteiger partial charge in [0.25, 0.3) is 5.91 Å². The van der Waals surface area contributed by atoms with Gasteiger partial charge in [0, 0.05) is 17.1 Å². The van der Waals surface area contributed by atoms with Crippen LogP contribution in [-0.4, -0.2) is 37.1 Å². The first-order chi connectivity index (χ1) is 13.4. The van der Waals surface area contributed by atoms with Crippen molar-refractivity contribution in [2.24, 2.45) is 10.1 Å². The summed E-state index contributed by atoms with van der Waals surface area (Å²) in [5.74, 6) is -0.774. The smallest absolute Gasteiger partial charge is 0.283 e. The Kier molecular flexibility index (Phi) is 4.72. The third-order valence-corrected chi connectivity index (χ3v) is 6.33. The van der Waals surface area contributed by atoms with Crippen molar-refractivity contribution in [3.63, 3.8) is 0 Å². The number of thioether (sulfide) groups is 2. The zero-order chi connectivity index (χ0) is 20.0. The van der Waals surface area contributed by atoms with Crippen molar-refractivity contribution in [3.05, 3.63) is 58.7 Å². The topological polar surface area (TPSA) is 73.8 Å². The van der Waals surface area contributed by atoms with Gasteiger partial charge < -0.3 is 4.57 Å². The number of carbonyl (C=O) groups is 1. The Bertz CT molecular complexity index is 1120. The number of amidine groups is 2. The summed E-state index contributed by atoms with van der Waals surface area (Å²) in [6, 6.07) is 8.24. The lowest BCUT2D eigenvalue weighted by Gasteiger charge is -2.20. The number of nitrogens with zero attached hydrogens (tertiary/aromatic N) is 4. The first kappa shape index (κ1) is 18.7. The van der Waals surface area contributed by atoms with E-state index < -0.39 is 5.91 Å². The zero-order valence-corrected chi connectivity index (χ0v) is 17.0. The Morgan fingerprint density at radius 1 is 1.29 bits per heavy atom. The number of hydrogen-bond acceptors (Lipinski definition) is 5. The van der Waals surface area contributed by atoms with E-state index in [1.54, 1.807) is 12.1 Å². The van der Waals surface area contributed by atoms with Crippen molar-refractivity contribution >= 4 is 50.9 Å². The highest BCUT2D eigenvalue weighted by Crippen LogP contribution is 2.32. The zero-order valence-electron chi connectivity index (χ0n) is 15.4. The van der Waals surface area contributed by atoms with Gasteiger partial charge in [-0.05, 0) is 67.8 Å². The number of halogens is 1. The van der Waals surface area contributed by atoms with E-state index in [0.29, 0.717) is 10.9 Å². The Morgan fingerprint density at radius 3 is 2.79 bits per heavy atom. The molecule has 0 saturated heterocycles. The quantitative estimate of drug-likeness (QED) is 0.750. The summed E-state index contributed by atoms with van der Waals surface area (Å²) in [6.07, 6.45) is 3.54. The molecule has 4 rings (SSSR count). The maximum atomic E-state index is 13.6. The Morgan fingerprint density at radius 2 is 2.07 bits per heavy atom. The first-order valence-electron chi connectivity index (χ1n) is 8.38. The fourth-order valence-corrected chi connectivity index (χ4v) is 4.50. The number of fused-ring (bicyclic) bond motifs is 1. The molecule has 1 N–H and O–H groups in total. The van der Waals surface area contributed by atoms with Crippen LogP contribution in [0.25, 0.3) is 11.8 Å². The van der Waals surface area contributed by atoms with E-state index in [9.17, 15) is 9.18 Å². The summed E-state index contributed by atoms with van der Waals surface area (Å²) >= 11 is 2.72. The lowest BCUT2D eigenvalue weighted by molar-refractivity contribution is -0.114. The molecule has 28 heavy (non-hydrogen) atoms. The van der Waals surface area contributed by atoms with Crippen LogP contribution >= 0.6 is 23.5 Å². The van der Waals surface area contributed by atoms with Gasteiger partial charge in [0.05, 0.1) is 5.57 Å². The Labute approximate surface area is 169 Å². The van der Waals surface area contributed by atoms with Gasteiger partial charge in [0.15, 0.2) is 10.2 Å². The number of rotatable bonds is 2. The van der Waals surface area contributed by atoms with Gasteiger partial charge in [0.1, 0.15) is 5.82 Å². The van der Waals surface area contributed by atoms with Crippen LogP contribution < -0.4 is 0 Å². The molecule has 0 fully saturated rings. The van der Waals surface area contributed by atoms with Crippen molar-refractivity contribution in [1.82, 2.24) is 9.58 Å². The van der Waals surface area contributed by atoms with Crippen molar-refractivity contribution < 1.29 is 9.18 Å². The SMILES string of the molecule is CSC1=NN2C(=N)/C(=C\c3cc(C)n(-c4cccc(F)c4)c3C)C(=O)N=C2S1. The highest BCUT2D eigenvalue weighted by molar-refractivity contribution is 8.45. The van der Waals surface area contributed by atoms with Crippen LogP contribution in [0.3, 0.4) is 0 Å². The molecule has 3 heterocycles. The monoisotopic (exact) mass is 413 g/mol. The molecule has 0 saturated carbocycles. The lowest BCUT2D eigenvalue weighted by atomic mass is 10.1. The first-order valence-corrected chi connectivity index (χ1v) is 10.4. The molecule has 1 amide bonds. The number of hydrogen-bond donors (Lipinski definition) is 1. The molecule has 2 aliphatic rings. The second kappa shape index (κ2) is 7.06. The van der Waals surface area contributed by atoms with Crippen LogP contribution in [0.15, 0.2) is 46.0 Å². The number of aliphatic imine (C=N–C) groups is 1. The summed E-state index contributed by atoms with van der Waals surface area (Å²) in [5.41, 5.74) is 3.39. The van der Waals surface area contributed by atoms with Gasteiger partial charge in [0.2, 0.25) is 5.17 Å². The van der Waals surface area contributed by atoms with E-state index in [-0.39, 0.29) is 17.2 Å². The number of benzene rings is 1. The van der Waals surface area contributed by atoms with Gasteiger partial charge in [-0.15, -0.1) is 16.9 Å². The van der Waals surface area contributed by atoms with Crippen LogP contribution in [0.5, 0.6) is 0 Å². The minimum absolute atomic E-state index is 0.00195. The number of hydrazone groups is 1.